The molecule has 0 saturated carbocycles. The molecule has 0 atom stereocenters. The lowest BCUT2D eigenvalue weighted by atomic mass is 10.3. The molecule has 0 fully saturated rings. The summed E-state index contributed by atoms with van der Waals surface area (Å²) in [6.45, 7) is -2.91. The molecule has 0 radical (unpaired) electrons. The van der Waals surface area contributed by atoms with Crippen LogP contribution in [0.1, 0.15) is 0 Å². The number of nitrogens with two attached hydrogens (primary N) is 1. The van der Waals surface area contributed by atoms with Gasteiger partial charge in [-0.2, -0.15) is 8.78 Å². The molecule has 0 aliphatic carbocycles. The van der Waals surface area contributed by atoms with Crippen LogP contribution in [0, 0.1) is 0 Å². The standard InChI is InChI=1S/C7H6ClF2NO/c8-4-2-1-3-5(11)6(4)12-7(9)10/h1-3,7H,11H2. The molecule has 5 heteroatoms. The lowest BCUT2D eigenvalue weighted by Gasteiger charge is -2.08. The Hall–Kier alpha value is -1.03. The van der Waals surface area contributed by atoms with E-state index in [9.17, 15) is 8.78 Å². The number of para-hydroxylation sites is 1. The predicted octanol–water partition coefficient (Wildman–Crippen LogP) is 2.52. The maximum absolute atomic E-state index is 11.7. The summed E-state index contributed by atoms with van der Waals surface area (Å²) < 4.78 is 27.6. The zero-order valence-corrected chi connectivity index (χ0v) is 6.68. The minimum atomic E-state index is -2.91. The van der Waals surface area contributed by atoms with Crippen LogP contribution in [-0.2, 0) is 0 Å². The van der Waals surface area contributed by atoms with E-state index in [-0.39, 0.29) is 16.5 Å². The molecule has 0 aliphatic heterocycles. The Balaban J connectivity index is 2.96. The number of ether oxygens (including phenoxy) is 1. The average molecular weight is 194 g/mol. The molecule has 66 valence electrons. The van der Waals surface area contributed by atoms with Gasteiger partial charge in [0.1, 0.15) is 0 Å². The number of alkyl halides is 2. The lowest BCUT2D eigenvalue weighted by Crippen LogP contribution is -2.04. The maximum Gasteiger partial charge on any atom is 0.387 e. The van der Waals surface area contributed by atoms with Gasteiger partial charge in [-0.1, -0.05) is 17.7 Å². The highest BCUT2D eigenvalue weighted by molar-refractivity contribution is 6.32. The Morgan fingerprint density at radius 1 is 1.42 bits per heavy atom. The Kier molecular flexibility index (Phi) is 2.70. The van der Waals surface area contributed by atoms with Crippen molar-refractivity contribution in [3.8, 4) is 5.75 Å². The second-order valence-corrected chi connectivity index (χ2v) is 2.44. The van der Waals surface area contributed by atoms with E-state index in [0.29, 0.717) is 0 Å². The first-order valence-electron chi connectivity index (χ1n) is 3.10. The molecule has 1 rings (SSSR count). The molecule has 0 aliphatic rings. The van der Waals surface area contributed by atoms with Crippen molar-refractivity contribution in [3.63, 3.8) is 0 Å². The third kappa shape index (κ3) is 1.98. The van der Waals surface area contributed by atoms with Gasteiger partial charge in [-0.15, -0.1) is 0 Å². The number of nitrogen functional groups attached to an aromatic ring is 1. The molecule has 0 aromatic heterocycles. The SMILES string of the molecule is Nc1cccc(Cl)c1OC(F)F. The van der Waals surface area contributed by atoms with Crippen LogP contribution in [0.3, 0.4) is 0 Å². The third-order valence-electron chi connectivity index (χ3n) is 1.20. The average Bonchev–Trinajstić information content (AvgIpc) is 1.97. The highest BCUT2D eigenvalue weighted by Crippen LogP contribution is 2.31. The van der Waals surface area contributed by atoms with Gasteiger partial charge >= 0.3 is 6.61 Å². The summed E-state index contributed by atoms with van der Waals surface area (Å²) in [5, 5.41) is 0.0790. The monoisotopic (exact) mass is 193 g/mol. The number of hydrogen-bond acceptors (Lipinski definition) is 2. The Morgan fingerprint density at radius 3 is 2.58 bits per heavy atom. The number of hydrogen-bond donors (Lipinski definition) is 1. The van der Waals surface area contributed by atoms with Crippen LogP contribution >= 0.6 is 11.6 Å². The molecule has 1 aromatic rings. The van der Waals surface area contributed by atoms with Crippen LogP contribution < -0.4 is 10.5 Å². The molecule has 2 nitrogen and oxygen atoms in total. The van der Waals surface area contributed by atoms with E-state index < -0.39 is 6.61 Å². The lowest BCUT2D eigenvalue weighted by molar-refractivity contribution is -0.0492. The van der Waals surface area contributed by atoms with Crippen molar-refractivity contribution in [2.24, 2.45) is 0 Å². The van der Waals surface area contributed by atoms with Crippen molar-refractivity contribution < 1.29 is 13.5 Å². The molecule has 1 aromatic carbocycles. The van der Waals surface area contributed by atoms with Crippen molar-refractivity contribution in [2.45, 2.75) is 6.61 Å². The molecule has 0 saturated heterocycles. The van der Waals surface area contributed by atoms with E-state index in [2.05, 4.69) is 4.74 Å². The first kappa shape index (κ1) is 9.06. The highest BCUT2D eigenvalue weighted by Gasteiger charge is 2.10. The molecule has 0 heterocycles. The minimum absolute atomic E-state index is 0.0790. The summed E-state index contributed by atoms with van der Waals surface area (Å²) in [5.41, 5.74) is 5.43. The van der Waals surface area contributed by atoms with Crippen LogP contribution in [-0.4, -0.2) is 6.61 Å². The van der Waals surface area contributed by atoms with Crippen LogP contribution in [0.5, 0.6) is 5.75 Å². The van der Waals surface area contributed by atoms with Crippen molar-refractivity contribution in [1.29, 1.82) is 0 Å². The van der Waals surface area contributed by atoms with E-state index >= 15 is 0 Å². The van der Waals surface area contributed by atoms with Gasteiger partial charge in [0.25, 0.3) is 0 Å². The Labute approximate surface area is 72.9 Å². The Morgan fingerprint density at radius 2 is 2.08 bits per heavy atom. The van der Waals surface area contributed by atoms with Crippen LogP contribution in [0.15, 0.2) is 18.2 Å². The second kappa shape index (κ2) is 3.58. The van der Waals surface area contributed by atoms with Crippen LogP contribution in [0.2, 0.25) is 5.02 Å². The first-order valence-corrected chi connectivity index (χ1v) is 3.48. The summed E-state index contributed by atoms with van der Waals surface area (Å²) >= 11 is 5.54. The summed E-state index contributed by atoms with van der Waals surface area (Å²) in [5.74, 6) is -0.172. The fraction of sp³-hybridized carbons (Fsp3) is 0.143. The van der Waals surface area contributed by atoms with Gasteiger partial charge in [0.05, 0.1) is 10.7 Å². The molecular weight excluding hydrogens is 188 g/mol. The van der Waals surface area contributed by atoms with Gasteiger partial charge in [-0.25, -0.2) is 0 Å². The van der Waals surface area contributed by atoms with Crippen molar-refractivity contribution in [3.05, 3.63) is 23.2 Å². The summed E-state index contributed by atoms with van der Waals surface area (Å²) in [7, 11) is 0. The van der Waals surface area contributed by atoms with Gasteiger partial charge in [-0.05, 0) is 12.1 Å². The number of benzene rings is 1. The molecule has 2 N–H and O–H groups in total. The summed E-state index contributed by atoms with van der Waals surface area (Å²) in [6, 6.07) is 4.41. The molecule has 0 spiro atoms. The number of halogens is 3. The van der Waals surface area contributed by atoms with Gasteiger partial charge in [-0.3, -0.25) is 0 Å². The van der Waals surface area contributed by atoms with E-state index in [0.717, 1.165) is 0 Å². The summed E-state index contributed by atoms with van der Waals surface area (Å²) in [4.78, 5) is 0. The minimum Gasteiger partial charge on any atom is -0.431 e. The topological polar surface area (TPSA) is 35.2 Å². The number of anilines is 1. The second-order valence-electron chi connectivity index (χ2n) is 2.04. The molecule has 0 amide bonds. The quantitative estimate of drug-likeness (QED) is 0.733. The Bertz CT molecular complexity index is 260. The third-order valence-corrected chi connectivity index (χ3v) is 1.50. The van der Waals surface area contributed by atoms with Crippen molar-refractivity contribution >= 4 is 17.3 Å². The fourth-order valence-electron chi connectivity index (χ4n) is 0.739. The summed E-state index contributed by atoms with van der Waals surface area (Å²) in [6.07, 6.45) is 0. The maximum atomic E-state index is 11.7. The molecular formula is C7H6ClF2NO. The predicted molar refractivity (Wildman–Crippen MR) is 42.5 cm³/mol. The van der Waals surface area contributed by atoms with Crippen LogP contribution in [0.4, 0.5) is 14.5 Å². The fourth-order valence-corrected chi connectivity index (χ4v) is 0.965. The first-order chi connectivity index (χ1) is 5.61. The zero-order chi connectivity index (χ0) is 9.14. The van der Waals surface area contributed by atoms with Crippen LogP contribution in [0.25, 0.3) is 0 Å². The van der Waals surface area contributed by atoms with E-state index in [1.54, 1.807) is 6.07 Å². The molecule has 12 heavy (non-hydrogen) atoms. The largest absolute Gasteiger partial charge is 0.431 e. The highest BCUT2D eigenvalue weighted by atomic mass is 35.5. The van der Waals surface area contributed by atoms with E-state index in [4.69, 9.17) is 17.3 Å². The van der Waals surface area contributed by atoms with Gasteiger partial charge < -0.3 is 10.5 Å². The smallest absolute Gasteiger partial charge is 0.387 e. The van der Waals surface area contributed by atoms with Crippen molar-refractivity contribution in [1.82, 2.24) is 0 Å². The van der Waals surface area contributed by atoms with Gasteiger partial charge in [0, 0.05) is 0 Å². The van der Waals surface area contributed by atoms with Gasteiger partial charge in [0.15, 0.2) is 5.75 Å². The molecule has 0 bridgehead atoms. The van der Waals surface area contributed by atoms with E-state index in [1.165, 1.54) is 12.1 Å². The van der Waals surface area contributed by atoms with E-state index in [1.807, 2.05) is 0 Å². The molecule has 0 unspecified atom stereocenters. The van der Waals surface area contributed by atoms with Gasteiger partial charge in [0.2, 0.25) is 0 Å². The zero-order valence-electron chi connectivity index (χ0n) is 5.93. The number of rotatable bonds is 2. The van der Waals surface area contributed by atoms with Crippen molar-refractivity contribution in [2.75, 3.05) is 5.73 Å². The normalized spacial score (nSPS) is 10.3.